The maximum atomic E-state index is 12.1. The lowest BCUT2D eigenvalue weighted by Crippen LogP contribution is -1.67. The van der Waals surface area contributed by atoms with Crippen LogP contribution in [0.25, 0.3) is 0 Å². The Balaban J connectivity index is 3.13. The van der Waals surface area contributed by atoms with Crippen molar-refractivity contribution >= 4 is 11.6 Å². The molecular weight excluding hydrogens is 127 g/mol. The summed E-state index contributed by atoms with van der Waals surface area (Å²) in [6, 6.07) is 7.52. The molecule has 0 N–H and O–H groups in total. The monoisotopic (exact) mass is 128 g/mol. The number of rotatable bonds is 0. The molecule has 0 aromatic heterocycles. The summed E-state index contributed by atoms with van der Waals surface area (Å²) in [5.41, 5.74) is 0. The molecule has 0 aliphatic carbocycles. The van der Waals surface area contributed by atoms with Gasteiger partial charge in [0.25, 0.3) is 0 Å². The van der Waals surface area contributed by atoms with E-state index < -0.39 is 5.82 Å². The first-order chi connectivity index (χ1) is 3.80. The van der Waals surface area contributed by atoms with Gasteiger partial charge in [0.1, 0.15) is 0 Å². The van der Waals surface area contributed by atoms with Gasteiger partial charge < -0.3 is 0 Å². The molecule has 0 spiro atoms. The Morgan fingerprint density at radius 1 is 1.62 bits per heavy atom. The molecule has 40 valence electrons. The first-order valence-corrected chi connectivity index (χ1v) is 2.42. The van der Waals surface area contributed by atoms with Gasteiger partial charge >= 0.3 is 0 Å². The quantitative estimate of drug-likeness (QED) is 0.502. The zero-order chi connectivity index (χ0) is 5.98. The molecule has 2 heteroatoms. The van der Waals surface area contributed by atoms with Gasteiger partial charge in [0.15, 0.2) is 5.82 Å². The van der Waals surface area contributed by atoms with Crippen molar-refractivity contribution in [2.24, 2.45) is 0 Å². The third-order valence-corrected chi connectivity index (χ3v) is 0.996. The lowest BCUT2D eigenvalue weighted by Gasteiger charge is -1.81. The molecule has 0 aliphatic heterocycles. The third kappa shape index (κ3) is 0.907. The summed E-state index contributed by atoms with van der Waals surface area (Å²) in [7, 11) is 0. The van der Waals surface area contributed by atoms with Crippen molar-refractivity contribution in [1.29, 1.82) is 0 Å². The van der Waals surface area contributed by atoms with Crippen LogP contribution < -0.4 is 0 Å². The van der Waals surface area contributed by atoms with E-state index in [1.54, 1.807) is 0 Å². The second kappa shape index (κ2) is 2.02. The van der Waals surface area contributed by atoms with Gasteiger partial charge in [0, 0.05) is 0 Å². The van der Waals surface area contributed by atoms with Crippen molar-refractivity contribution in [3.8, 4) is 0 Å². The van der Waals surface area contributed by atoms with Crippen LogP contribution in [0, 0.1) is 17.9 Å². The van der Waals surface area contributed by atoms with Gasteiger partial charge in [-0.3, -0.25) is 0 Å². The maximum Gasteiger partial charge on any atom is 0.192 e. The van der Waals surface area contributed by atoms with Crippen molar-refractivity contribution in [2.45, 2.75) is 0 Å². The summed E-state index contributed by atoms with van der Waals surface area (Å²) < 4.78 is 12.1. The second-order valence-electron chi connectivity index (χ2n) is 1.26. The van der Waals surface area contributed by atoms with Gasteiger partial charge in [-0.25, -0.2) is 0 Å². The fraction of sp³-hybridized carbons (Fsp3) is 0. The van der Waals surface area contributed by atoms with Crippen molar-refractivity contribution in [2.75, 3.05) is 0 Å². The van der Waals surface area contributed by atoms with Gasteiger partial charge in [0.05, 0.1) is 5.02 Å². The van der Waals surface area contributed by atoms with Crippen LogP contribution in [0.15, 0.2) is 12.1 Å². The van der Waals surface area contributed by atoms with E-state index in [2.05, 4.69) is 12.1 Å². The molecule has 0 unspecified atom stereocenters. The smallest absolute Gasteiger partial charge is 0.192 e. The van der Waals surface area contributed by atoms with Crippen LogP contribution in [0.1, 0.15) is 0 Å². The maximum absolute atomic E-state index is 12.1. The van der Waals surface area contributed by atoms with Crippen molar-refractivity contribution in [3.63, 3.8) is 0 Å². The van der Waals surface area contributed by atoms with Crippen molar-refractivity contribution < 1.29 is 4.39 Å². The molecule has 0 fully saturated rings. The second-order valence-corrected chi connectivity index (χ2v) is 1.67. The minimum Gasteiger partial charge on any atom is -0.195 e. The Hall–Kier alpha value is -0.740. The molecular formula is C6H2ClF. The van der Waals surface area contributed by atoms with E-state index in [9.17, 15) is 4.39 Å². The predicted octanol–water partition coefficient (Wildman–Crippen LogP) is 2.08. The molecule has 0 nitrogen and oxygen atoms in total. The Kier molecular flexibility index (Phi) is 1.36. The number of hydrogen-bond acceptors (Lipinski definition) is 0. The summed E-state index contributed by atoms with van der Waals surface area (Å²) >= 11 is 5.28. The summed E-state index contributed by atoms with van der Waals surface area (Å²) in [4.78, 5) is 0. The molecule has 0 heterocycles. The van der Waals surface area contributed by atoms with Gasteiger partial charge in [-0.2, -0.15) is 4.39 Å². The molecule has 0 amide bonds. The Morgan fingerprint density at radius 2 is 2.38 bits per heavy atom. The molecule has 0 aliphatic rings. The molecule has 1 aromatic carbocycles. The fourth-order valence-electron chi connectivity index (χ4n) is 0.353. The summed E-state index contributed by atoms with van der Waals surface area (Å²) in [5.74, 6) is -0.547. The SMILES string of the molecule is Fc1c#cccc1Cl. The number of halogens is 2. The van der Waals surface area contributed by atoms with Crippen LogP contribution in [0.5, 0.6) is 0 Å². The molecule has 0 atom stereocenters. The van der Waals surface area contributed by atoms with E-state index >= 15 is 0 Å². The first kappa shape index (κ1) is 5.40. The highest BCUT2D eigenvalue weighted by Gasteiger charge is 1.90. The molecule has 8 heavy (non-hydrogen) atoms. The lowest BCUT2D eigenvalue weighted by molar-refractivity contribution is 0.629. The average Bonchev–Trinajstić information content (AvgIpc) is 1.77. The third-order valence-electron chi connectivity index (χ3n) is 0.705. The topological polar surface area (TPSA) is 0 Å². The lowest BCUT2D eigenvalue weighted by atomic mass is 10.4. The van der Waals surface area contributed by atoms with Crippen LogP contribution in [0.2, 0.25) is 5.02 Å². The first-order valence-electron chi connectivity index (χ1n) is 2.04. The predicted molar refractivity (Wildman–Crippen MR) is 29.1 cm³/mol. The summed E-state index contributed by atoms with van der Waals surface area (Å²) in [6.45, 7) is 0. The van der Waals surface area contributed by atoms with Gasteiger partial charge in [-0.1, -0.05) is 17.7 Å². The Bertz CT molecular complexity index is 165. The molecule has 0 radical (unpaired) electrons. The molecule has 0 saturated heterocycles. The van der Waals surface area contributed by atoms with Crippen LogP contribution in [0.3, 0.4) is 0 Å². The molecule has 1 rings (SSSR count). The van der Waals surface area contributed by atoms with Crippen LogP contribution in [-0.4, -0.2) is 0 Å². The highest BCUT2D eigenvalue weighted by atomic mass is 35.5. The minimum absolute atomic E-state index is 0.0868. The van der Waals surface area contributed by atoms with E-state index in [0.717, 1.165) is 0 Å². The highest BCUT2D eigenvalue weighted by Crippen LogP contribution is 2.08. The molecule has 0 bridgehead atoms. The average molecular weight is 129 g/mol. The Labute approximate surface area is 51.9 Å². The van der Waals surface area contributed by atoms with Gasteiger partial charge in [-0.05, 0) is 18.2 Å². The molecule has 1 aromatic rings. The van der Waals surface area contributed by atoms with Crippen molar-refractivity contribution in [1.82, 2.24) is 0 Å². The highest BCUT2D eigenvalue weighted by molar-refractivity contribution is 6.30. The number of hydrogen-bond donors (Lipinski definition) is 0. The van der Waals surface area contributed by atoms with E-state index in [4.69, 9.17) is 11.6 Å². The largest absolute Gasteiger partial charge is 0.195 e. The van der Waals surface area contributed by atoms with Crippen LogP contribution >= 0.6 is 11.6 Å². The zero-order valence-electron chi connectivity index (χ0n) is 3.91. The van der Waals surface area contributed by atoms with E-state index in [0.29, 0.717) is 0 Å². The van der Waals surface area contributed by atoms with Gasteiger partial charge in [0.2, 0.25) is 0 Å². The normalized spacial score (nSPS) is 8.25. The van der Waals surface area contributed by atoms with Crippen LogP contribution in [0.4, 0.5) is 4.39 Å². The van der Waals surface area contributed by atoms with Crippen LogP contribution in [-0.2, 0) is 0 Å². The summed E-state index contributed by atoms with van der Waals surface area (Å²) in [6.07, 6.45) is 0. The van der Waals surface area contributed by atoms with E-state index in [1.165, 1.54) is 12.1 Å². The Morgan fingerprint density at radius 3 is 2.75 bits per heavy atom. The minimum atomic E-state index is -0.547. The van der Waals surface area contributed by atoms with E-state index in [1.807, 2.05) is 0 Å². The standard InChI is InChI=1S/C6H2ClF/c7-5-3-1-2-4-6(5)8/h1,3H. The zero-order valence-corrected chi connectivity index (χ0v) is 4.67. The summed E-state index contributed by atoms with van der Waals surface area (Å²) in [5, 5.41) is 0.0868. The fourth-order valence-corrected chi connectivity index (χ4v) is 0.463. The van der Waals surface area contributed by atoms with E-state index in [-0.39, 0.29) is 5.02 Å². The molecule has 0 saturated carbocycles. The van der Waals surface area contributed by atoms with Crippen molar-refractivity contribution in [3.05, 3.63) is 35.1 Å². The van der Waals surface area contributed by atoms with Gasteiger partial charge in [-0.15, -0.1) is 0 Å².